The number of ketones is 1. The molecule has 2 heteroatoms. The van der Waals surface area contributed by atoms with Gasteiger partial charge >= 0.3 is 0 Å². The van der Waals surface area contributed by atoms with Crippen molar-refractivity contribution in [2.45, 2.75) is 116 Å². The summed E-state index contributed by atoms with van der Waals surface area (Å²) in [5, 5.41) is 0. The lowest BCUT2D eigenvalue weighted by Crippen LogP contribution is -1.97. The van der Waals surface area contributed by atoms with Crippen molar-refractivity contribution in [1.29, 1.82) is 0 Å². The van der Waals surface area contributed by atoms with E-state index in [1.807, 2.05) is 6.92 Å². The summed E-state index contributed by atoms with van der Waals surface area (Å²) < 4.78 is 0. The van der Waals surface area contributed by atoms with Gasteiger partial charge in [0, 0.05) is 6.42 Å². The molecule has 0 aliphatic heterocycles. The molecule has 0 unspecified atom stereocenters. The summed E-state index contributed by atoms with van der Waals surface area (Å²) in [6.07, 6.45) is 22.1. The van der Waals surface area contributed by atoms with Crippen LogP contribution in [-0.4, -0.2) is 12.3 Å². The first-order valence-electron chi connectivity index (χ1n) is 10.6. The number of carbonyl (C=O) groups excluding carboxylic acids is 1. The molecule has 0 saturated heterocycles. The first-order chi connectivity index (χ1) is 11.7. The number of Topliss-reactive ketones (excluding diaryl/α,β-unsaturated/α-hetero) is 1. The Bertz CT molecular complexity index is 298. The van der Waals surface area contributed by atoms with Crippen molar-refractivity contribution < 1.29 is 4.79 Å². The van der Waals surface area contributed by atoms with Crippen LogP contribution in [0.2, 0.25) is 0 Å². The molecule has 0 rings (SSSR count). The Kier molecular flexibility index (Phi) is 18.2. The highest BCUT2D eigenvalue weighted by Gasteiger charge is 2.01. The van der Waals surface area contributed by atoms with Crippen LogP contribution in [0.3, 0.4) is 0 Å². The van der Waals surface area contributed by atoms with Crippen LogP contribution >= 0.6 is 0 Å². The molecule has 142 valence electrons. The normalized spacial score (nSPS) is 10.9. The highest BCUT2D eigenvalue weighted by Crippen LogP contribution is 2.14. The Hall–Kier alpha value is -0.630. The molecule has 0 aliphatic carbocycles. The lowest BCUT2D eigenvalue weighted by atomic mass is 10.0. The second-order valence-electron chi connectivity index (χ2n) is 7.40. The summed E-state index contributed by atoms with van der Waals surface area (Å²) in [6, 6.07) is 0. The van der Waals surface area contributed by atoms with Crippen LogP contribution in [0.4, 0.5) is 0 Å². The highest BCUT2D eigenvalue weighted by atomic mass is 16.1. The third-order valence-electron chi connectivity index (χ3n) is 4.83. The number of allylic oxidation sites excluding steroid dienone is 1. The van der Waals surface area contributed by atoms with E-state index in [-0.39, 0.29) is 5.78 Å². The van der Waals surface area contributed by atoms with Gasteiger partial charge in [-0.15, -0.1) is 0 Å². The predicted octanol–water partition coefficient (Wildman–Crippen LogP) is 6.72. The molecule has 0 fully saturated rings. The van der Waals surface area contributed by atoms with Crippen molar-refractivity contribution in [2.24, 2.45) is 5.73 Å². The van der Waals surface area contributed by atoms with E-state index in [9.17, 15) is 4.79 Å². The van der Waals surface area contributed by atoms with E-state index < -0.39 is 0 Å². The summed E-state index contributed by atoms with van der Waals surface area (Å²) in [4.78, 5) is 11.4. The SMILES string of the molecule is C=C(C)C(=O)CCCCCCCCCCCCCCCCCCN. The Balaban J connectivity index is 3.05. The average Bonchev–Trinajstić information content (AvgIpc) is 2.57. The number of nitrogens with two attached hydrogens (primary N) is 1. The van der Waals surface area contributed by atoms with Crippen LogP contribution in [0.25, 0.3) is 0 Å². The van der Waals surface area contributed by atoms with Crippen molar-refractivity contribution in [3.63, 3.8) is 0 Å². The van der Waals surface area contributed by atoms with Crippen molar-refractivity contribution >= 4 is 5.78 Å². The molecule has 2 nitrogen and oxygen atoms in total. The van der Waals surface area contributed by atoms with E-state index in [2.05, 4.69) is 6.58 Å². The van der Waals surface area contributed by atoms with Gasteiger partial charge in [0.25, 0.3) is 0 Å². The average molecular weight is 338 g/mol. The maximum absolute atomic E-state index is 11.4. The molecule has 0 saturated carbocycles. The molecule has 0 aliphatic rings. The summed E-state index contributed by atoms with van der Waals surface area (Å²) in [7, 11) is 0. The van der Waals surface area contributed by atoms with E-state index in [0.29, 0.717) is 12.0 Å². The monoisotopic (exact) mass is 337 g/mol. The van der Waals surface area contributed by atoms with E-state index in [4.69, 9.17) is 5.73 Å². The third kappa shape index (κ3) is 17.7. The zero-order valence-corrected chi connectivity index (χ0v) is 16.4. The fourth-order valence-electron chi connectivity index (χ4n) is 3.12. The maximum Gasteiger partial charge on any atom is 0.157 e. The van der Waals surface area contributed by atoms with Crippen LogP contribution in [0.5, 0.6) is 0 Å². The van der Waals surface area contributed by atoms with E-state index in [1.54, 1.807) is 0 Å². The summed E-state index contributed by atoms with van der Waals surface area (Å²) >= 11 is 0. The first kappa shape index (κ1) is 23.4. The largest absolute Gasteiger partial charge is 0.330 e. The van der Waals surface area contributed by atoms with Crippen LogP contribution in [-0.2, 0) is 4.79 Å². The minimum atomic E-state index is 0.241. The third-order valence-corrected chi connectivity index (χ3v) is 4.83. The molecule has 0 atom stereocenters. The van der Waals surface area contributed by atoms with Gasteiger partial charge in [-0.3, -0.25) is 4.79 Å². The smallest absolute Gasteiger partial charge is 0.157 e. The fraction of sp³-hybridized carbons (Fsp3) is 0.864. The maximum atomic E-state index is 11.4. The van der Waals surface area contributed by atoms with Gasteiger partial charge in [-0.1, -0.05) is 96.5 Å². The van der Waals surface area contributed by atoms with E-state index >= 15 is 0 Å². The number of hydrogen-bond acceptors (Lipinski definition) is 2. The Labute approximate surface area is 151 Å². The van der Waals surface area contributed by atoms with Crippen LogP contribution in [0.1, 0.15) is 116 Å². The summed E-state index contributed by atoms with van der Waals surface area (Å²) in [5.74, 6) is 0.241. The molecule has 0 bridgehead atoms. The van der Waals surface area contributed by atoms with Crippen LogP contribution in [0.15, 0.2) is 12.2 Å². The summed E-state index contributed by atoms with van der Waals surface area (Å²) in [5.41, 5.74) is 6.20. The van der Waals surface area contributed by atoms with Gasteiger partial charge < -0.3 is 5.73 Å². The first-order valence-corrected chi connectivity index (χ1v) is 10.6. The molecule has 0 aromatic heterocycles. The Morgan fingerprint density at radius 3 is 1.21 bits per heavy atom. The van der Waals surface area contributed by atoms with E-state index in [0.717, 1.165) is 13.0 Å². The minimum absolute atomic E-state index is 0.241. The molecule has 0 amide bonds. The summed E-state index contributed by atoms with van der Waals surface area (Å²) in [6.45, 7) is 6.36. The zero-order valence-electron chi connectivity index (χ0n) is 16.4. The lowest BCUT2D eigenvalue weighted by molar-refractivity contribution is -0.115. The molecular weight excluding hydrogens is 294 g/mol. The van der Waals surface area contributed by atoms with Gasteiger partial charge in [-0.2, -0.15) is 0 Å². The molecule has 2 N–H and O–H groups in total. The Morgan fingerprint density at radius 2 is 0.917 bits per heavy atom. The topological polar surface area (TPSA) is 43.1 Å². The van der Waals surface area contributed by atoms with Gasteiger partial charge in [-0.25, -0.2) is 0 Å². The standard InChI is InChI=1S/C22H43NO/c1-21(2)22(24)19-17-15-13-11-9-7-5-3-4-6-8-10-12-14-16-18-20-23/h1,3-20,23H2,2H3. The molecule has 0 heterocycles. The predicted molar refractivity (Wildman–Crippen MR) is 107 cm³/mol. The highest BCUT2D eigenvalue weighted by molar-refractivity contribution is 5.93. The van der Waals surface area contributed by atoms with Crippen LogP contribution < -0.4 is 5.73 Å². The molecule has 0 spiro atoms. The van der Waals surface area contributed by atoms with Gasteiger partial charge in [0.15, 0.2) is 5.78 Å². The zero-order chi connectivity index (χ0) is 17.9. The van der Waals surface area contributed by atoms with Gasteiger partial charge in [0.05, 0.1) is 0 Å². The molecule has 0 radical (unpaired) electrons. The molecule has 24 heavy (non-hydrogen) atoms. The number of unbranched alkanes of at least 4 members (excludes halogenated alkanes) is 15. The quantitative estimate of drug-likeness (QED) is 0.210. The van der Waals surface area contributed by atoms with Gasteiger partial charge in [0.1, 0.15) is 0 Å². The van der Waals surface area contributed by atoms with Gasteiger partial charge in [-0.05, 0) is 31.9 Å². The van der Waals surface area contributed by atoms with Gasteiger partial charge in [0.2, 0.25) is 0 Å². The van der Waals surface area contributed by atoms with E-state index in [1.165, 1.54) is 96.3 Å². The fourth-order valence-corrected chi connectivity index (χ4v) is 3.12. The van der Waals surface area contributed by atoms with Crippen molar-refractivity contribution in [3.05, 3.63) is 12.2 Å². The molecule has 0 aromatic carbocycles. The van der Waals surface area contributed by atoms with Crippen molar-refractivity contribution in [2.75, 3.05) is 6.54 Å². The van der Waals surface area contributed by atoms with Crippen LogP contribution in [0, 0.1) is 0 Å². The molecular formula is C22H43NO. The minimum Gasteiger partial charge on any atom is -0.330 e. The number of hydrogen-bond donors (Lipinski definition) is 1. The van der Waals surface area contributed by atoms with Crippen molar-refractivity contribution in [1.82, 2.24) is 0 Å². The second kappa shape index (κ2) is 18.7. The number of carbonyl (C=O) groups is 1. The second-order valence-corrected chi connectivity index (χ2v) is 7.40. The van der Waals surface area contributed by atoms with Crippen molar-refractivity contribution in [3.8, 4) is 0 Å². The Morgan fingerprint density at radius 1 is 0.625 bits per heavy atom. The molecule has 0 aromatic rings. The number of rotatable bonds is 19. The lowest BCUT2D eigenvalue weighted by Gasteiger charge is -2.04.